The highest BCUT2D eigenvalue weighted by Gasteiger charge is 2.15. The van der Waals surface area contributed by atoms with Crippen molar-refractivity contribution < 1.29 is 14.3 Å². The number of esters is 1. The van der Waals surface area contributed by atoms with Crippen LogP contribution in [0.1, 0.15) is 17.6 Å². The lowest BCUT2D eigenvalue weighted by Gasteiger charge is -2.09. The summed E-state index contributed by atoms with van der Waals surface area (Å²) in [6.45, 7) is 2.09. The Kier molecular flexibility index (Phi) is 7.69. The number of thiazole rings is 1. The van der Waals surface area contributed by atoms with Crippen molar-refractivity contribution in [3.05, 3.63) is 16.1 Å². The monoisotopic (exact) mass is 331 g/mol. The minimum atomic E-state index is -0.608. The Balaban J connectivity index is 2.35. The lowest BCUT2D eigenvalue weighted by Crippen LogP contribution is -2.34. The molecule has 0 aromatic carbocycles. The molecule has 0 radical (unpaired) electrons. The third kappa shape index (κ3) is 6.45. The molecular weight excluding hydrogens is 310 g/mol. The number of carbonyl (C=O) groups is 2. The molecule has 2 N–H and O–H groups in total. The summed E-state index contributed by atoms with van der Waals surface area (Å²) in [5.41, 5.74) is 6.61. The summed E-state index contributed by atoms with van der Waals surface area (Å²) in [6.07, 6.45) is 0.324. The number of rotatable bonds is 8. The van der Waals surface area contributed by atoms with Crippen LogP contribution >= 0.6 is 23.1 Å². The van der Waals surface area contributed by atoms with E-state index < -0.39 is 6.04 Å². The molecule has 1 amide bonds. The van der Waals surface area contributed by atoms with E-state index in [1.165, 1.54) is 23.1 Å². The van der Waals surface area contributed by atoms with Gasteiger partial charge in [0.15, 0.2) is 0 Å². The van der Waals surface area contributed by atoms with Gasteiger partial charge < -0.3 is 15.4 Å². The molecule has 0 aliphatic heterocycles. The van der Waals surface area contributed by atoms with E-state index in [2.05, 4.69) is 4.98 Å². The van der Waals surface area contributed by atoms with Gasteiger partial charge >= 0.3 is 5.97 Å². The van der Waals surface area contributed by atoms with Crippen LogP contribution in [0.15, 0.2) is 5.38 Å². The van der Waals surface area contributed by atoms with E-state index in [1.54, 1.807) is 25.9 Å². The summed E-state index contributed by atoms with van der Waals surface area (Å²) in [4.78, 5) is 28.9. The molecule has 6 nitrogen and oxygen atoms in total. The maximum atomic E-state index is 11.6. The topological polar surface area (TPSA) is 85.5 Å². The first-order valence-electron chi connectivity index (χ1n) is 6.57. The molecule has 1 rings (SSSR count). The molecule has 8 heteroatoms. The van der Waals surface area contributed by atoms with Crippen LogP contribution in [0, 0.1) is 0 Å². The van der Waals surface area contributed by atoms with Crippen molar-refractivity contribution in [2.75, 3.05) is 26.5 Å². The van der Waals surface area contributed by atoms with Gasteiger partial charge in [0.1, 0.15) is 11.0 Å². The van der Waals surface area contributed by atoms with E-state index in [0.717, 1.165) is 10.7 Å². The predicted octanol–water partition coefficient (Wildman–Crippen LogP) is 0.897. The average Bonchev–Trinajstić information content (AvgIpc) is 2.86. The maximum Gasteiger partial charge on any atom is 0.323 e. The second kappa shape index (κ2) is 9.01. The Hall–Kier alpha value is -1.12. The van der Waals surface area contributed by atoms with Crippen LogP contribution < -0.4 is 5.73 Å². The number of ether oxygens (including phenoxy) is 1. The molecule has 1 aromatic rings. The average molecular weight is 331 g/mol. The van der Waals surface area contributed by atoms with Crippen LogP contribution in [0.3, 0.4) is 0 Å². The number of nitrogens with zero attached hydrogens (tertiary/aromatic N) is 2. The number of amides is 1. The molecule has 1 heterocycles. The molecule has 0 saturated carbocycles. The van der Waals surface area contributed by atoms with Crippen molar-refractivity contribution in [1.82, 2.24) is 9.88 Å². The van der Waals surface area contributed by atoms with Gasteiger partial charge in [-0.3, -0.25) is 9.59 Å². The van der Waals surface area contributed by atoms with E-state index in [4.69, 9.17) is 10.5 Å². The maximum absolute atomic E-state index is 11.6. The number of hydrogen-bond acceptors (Lipinski definition) is 7. The summed E-state index contributed by atoms with van der Waals surface area (Å²) in [7, 11) is 3.45. The van der Waals surface area contributed by atoms with Gasteiger partial charge in [0.2, 0.25) is 5.91 Å². The zero-order valence-corrected chi connectivity index (χ0v) is 14.1. The van der Waals surface area contributed by atoms with Gasteiger partial charge in [-0.05, 0) is 6.92 Å². The van der Waals surface area contributed by atoms with Crippen LogP contribution in [0.5, 0.6) is 0 Å². The van der Waals surface area contributed by atoms with E-state index in [0.29, 0.717) is 24.5 Å². The molecule has 118 valence electrons. The minimum Gasteiger partial charge on any atom is -0.465 e. The van der Waals surface area contributed by atoms with Gasteiger partial charge in [0.05, 0.1) is 18.7 Å². The van der Waals surface area contributed by atoms with Crippen molar-refractivity contribution in [3.63, 3.8) is 0 Å². The summed E-state index contributed by atoms with van der Waals surface area (Å²) >= 11 is 3.00. The molecule has 0 spiro atoms. The van der Waals surface area contributed by atoms with Crippen molar-refractivity contribution in [2.45, 2.75) is 25.1 Å². The molecule has 0 bridgehead atoms. The smallest absolute Gasteiger partial charge is 0.323 e. The summed E-state index contributed by atoms with van der Waals surface area (Å²) in [5.74, 6) is 0.815. The lowest BCUT2D eigenvalue weighted by atomic mass is 10.4. The predicted molar refractivity (Wildman–Crippen MR) is 85.3 cm³/mol. The van der Waals surface area contributed by atoms with Gasteiger partial charge in [0, 0.05) is 31.0 Å². The van der Waals surface area contributed by atoms with Gasteiger partial charge in [0.25, 0.3) is 0 Å². The third-order valence-electron chi connectivity index (χ3n) is 2.54. The fourth-order valence-electron chi connectivity index (χ4n) is 1.39. The van der Waals surface area contributed by atoms with E-state index in [1.807, 2.05) is 5.38 Å². The SMILES string of the molecule is CCOC(=O)C(N)CSCc1csc(CC(=O)N(C)C)n1. The number of carbonyl (C=O) groups excluding carboxylic acids is 2. The molecule has 0 fully saturated rings. The first-order chi connectivity index (χ1) is 9.93. The highest BCUT2D eigenvalue weighted by molar-refractivity contribution is 7.98. The Morgan fingerprint density at radius 2 is 2.24 bits per heavy atom. The first-order valence-corrected chi connectivity index (χ1v) is 8.60. The van der Waals surface area contributed by atoms with Crippen molar-refractivity contribution in [2.24, 2.45) is 5.73 Å². The summed E-state index contributed by atoms with van der Waals surface area (Å²) in [5, 5.41) is 2.74. The Morgan fingerprint density at radius 3 is 2.86 bits per heavy atom. The largest absolute Gasteiger partial charge is 0.465 e. The van der Waals surface area contributed by atoms with Crippen molar-refractivity contribution in [3.8, 4) is 0 Å². The summed E-state index contributed by atoms with van der Waals surface area (Å²) in [6, 6.07) is -0.608. The van der Waals surface area contributed by atoms with Crippen molar-refractivity contribution >= 4 is 35.0 Å². The molecule has 21 heavy (non-hydrogen) atoms. The second-order valence-corrected chi connectivity index (χ2v) is 6.54. The second-order valence-electron chi connectivity index (χ2n) is 4.57. The van der Waals surface area contributed by atoms with Crippen LogP contribution in [0.25, 0.3) is 0 Å². The molecule has 0 aliphatic carbocycles. The normalized spacial score (nSPS) is 12.0. The zero-order valence-electron chi connectivity index (χ0n) is 12.5. The molecule has 0 aliphatic rings. The van der Waals surface area contributed by atoms with E-state index in [-0.39, 0.29) is 11.9 Å². The highest BCUT2D eigenvalue weighted by Crippen LogP contribution is 2.17. The fourth-order valence-corrected chi connectivity index (χ4v) is 3.15. The van der Waals surface area contributed by atoms with Gasteiger partial charge in [-0.15, -0.1) is 11.3 Å². The Bertz CT molecular complexity index is 477. The van der Waals surface area contributed by atoms with Gasteiger partial charge in [-0.1, -0.05) is 0 Å². The lowest BCUT2D eigenvalue weighted by molar-refractivity contribution is -0.144. The highest BCUT2D eigenvalue weighted by atomic mass is 32.2. The van der Waals surface area contributed by atoms with E-state index >= 15 is 0 Å². The van der Waals surface area contributed by atoms with Crippen molar-refractivity contribution in [1.29, 1.82) is 0 Å². The minimum absolute atomic E-state index is 0.0351. The van der Waals surface area contributed by atoms with Crippen LogP contribution in [-0.4, -0.2) is 54.3 Å². The number of likely N-dealkylation sites (N-methyl/N-ethyl adjacent to an activating group) is 1. The molecule has 1 atom stereocenters. The third-order valence-corrected chi connectivity index (χ3v) is 4.53. The van der Waals surface area contributed by atoms with Crippen LogP contribution in [-0.2, 0) is 26.5 Å². The number of aromatic nitrogens is 1. The van der Waals surface area contributed by atoms with Gasteiger partial charge in [-0.25, -0.2) is 4.98 Å². The molecule has 0 saturated heterocycles. The standard InChI is InChI=1S/C13H21N3O3S2/c1-4-19-13(18)10(14)8-20-6-9-7-21-11(15-9)5-12(17)16(2)3/h7,10H,4-6,8,14H2,1-3H3. The zero-order chi connectivity index (χ0) is 15.8. The Labute approximate surface area is 133 Å². The fraction of sp³-hybridized carbons (Fsp3) is 0.615. The number of thioether (sulfide) groups is 1. The number of hydrogen-bond donors (Lipinski definition) is 1. The first kappa shape index (κ1) is 17.9. The molecule has 1 aromatic heterocycles. The molecular formula is C13H21N3O3S2. The van der Waals surface area contributed by atoms with Crippen LogP contribution in [0.4, 0.5) is 0 Å². The Morgan fingerprint density at radius 1 is 1.52 bits per heavy atom. The number of nitrogens with two attached hydrogens (primary N) is 1. The molecule has 1 unspecified atom stereocenters. The van der Waals surface area contributed by atoms with E-state index in [9.17, 15) is 9.59 Å². The summed E-state index contributed by atoms with van der Waals surface area (Å²) < 4.78 is 4.84. The van der Waals surface area contributed by atoms with Gasteiger partial charge in [-0.2, -0.15) is 11.8 Å². The quantitative estimate of drug-likeness (QED) is 0.712. The van der Waals surface area contributed by atoms with Crippen LogP contribution in [0.2, 0.25) is 0 Å².